The molecule has 1 amide bonds. The number of carbonyl (C=O) groups is 2. The number of benzene rings is 2. The number of nitrogens with two attached hydrogens (primary N) is 1. The second-order valence-corrected chi connectivity index (χ2v) is 13.2. The van der Waals surface area contributed by atoms with E-state index in [1.54, 1.807) is 6.20 Å². The van der Waals surface area contributed by atoms with E-state index in [-0.39, 0.29) is 29.8 Å². The molecule has 1 aromatic heterocycles. The van der Waals surface area contributed by atoms with Gasteiger partial charge in [0.25, 0.3) is 0 Å². The fourth-order valence-electron chi connectivity index (χ4n) is 7.33. The summed E-state index contributed by atoms with van der Waals surface area (Å²) in [7, 11) is 0. The van der Waals surface area contributed by atoms with Crippen molar-refractivity contribution >= 4 is 23.5 Å². The smallest absolute Gasteiger partial charge is 0.306 e. The number of carbonyl (C=O) groups excluding carboxylic acids is 1. The number of carboxylic acid groups (broad SMARTS) is 1. The minimum atomic E-state index is -0.751. The zero-order valence-corrected chi connectivity index (χ0v) is 28.0. The zero-order valence-electron chi connectivity index (χ0n) is 28.0. The molecular weight excluding hydrogens is 622 g/mol. The standard InChI is InChI=1S/C38H47N5O6/c39-38-41-33-24-40-35(49-32-9-5-2-6-10-32)23-30(33)25-43(38)34(28-17-20-47-21-18-28)15-16-36(44)42(31-13-11-29(12-14-31)37(45)46)19-22-48-26-27-7-3-1-4-8-27/h1-10,23-24,28-29,31,34H,11-22,25-26H2,(H2,39,41)(H,45,46)/t29-,31+,34-/m0/s1. The van der Waals surface area contributed by atoms with Crippen LogP contribution in [0.2, 0.25) is 0 Å². The first-order valence-corrected chi connectivity index (χ1v) is 17.5. The van der Waals surface area contributed by atoms with Crippen LogP contribution in [-0.4, -0.2) is 76.2 Å². The number of fused-ring (bicyclic) bond motifs is 1. The summed E-state index contributed by atoms with van der Waals surface area (Å²) in [5.74, 6) is 0.865. The van der Waals surface area contributed by atoms with Gasteiger partial charge in [-0.2, -0.15) is 0 Å². The van der Waals surface area contributed by atoms with E-state index >= 15 is 0 Å². The summed E-state index contributed by atoms with van der Waals surface area (Å²) in [5, 5.41) is 9.57. The maximum Gasteiger partial charge on any atom is 0.306 e. The van der Waals surface area contributed by atoms with Crippen LogP contribution in [0.3, 0.4) is 0 Å². The van der Waals surface area contributed by atoms with Gasteiger partial charge in [0.05, 0.1) is 31.0 Å². The van der Waals surface area contributed by atoms with Crippen molar-refractivity contribution in [2.45, 2.75) is 76.6 Å². The van der Waals surface area contributed by atoms with Crippen LogP contribution in [0, 0.1) is 11.8 Å². The number of para-hydroxylation sites is 1. The third-order valence-corrected chi connectivity index (χ3v) is 10.0. The minimum absolute atomic E-state index is 0.00557. The summed E-state index contributed by atoms with van der Waals surface area (Å²) in [6, 6.07) is 21.4. The van der Waals surface area contributed by atoms with E-state index < -0.39 is 5.97 Å². The van der Waals surface area contributed by atoms with Gasteiger partial charge in [0.2, 0.25) is 11.8 Å². The lowest BCUT2D eigenvalue weighted by atomic mass is 9.84. The van der Waals surface area contributed by atoms with Crippen LogP contribution in [0.15, 0.2) is 77.9 Å². The first-order chi connectivity index (χ1) is 23.9. The lowest BCUT2D eigenvalue weighted by Crippen LogP contribution is -2.50. The van der Waals surface area contributed by atoms with Crippen LogP contribution in [0.4, 0.5) is 5.69 Å². The molecule has 1 saturated heterocycles. The Kier molecular flexibility index (Phi) is 11.8. The number of aliphatic imine (C=N–C) groups is 1. The van der Waals surface area contributed by atoms with Crippen molar-refractivity contribution in [3.05, 3.63) is 84.1 Å². The van der Waals surface area contributed by atoms with E-state index in [0.717, 1.165) is 29.7 Å². The van der Waals surface area contributed by atoms with Gasteiger partial charge in [0, 0.05) is 56.4 Å². The van der Waals surface area contributed by atoms with Crippen molar-refractivity contribution < 1.29 is 28.9 Å². The van der Waals surface area contributed by atoms with E-state index in [4.69, 9.17) is 24.9 Å². The molecule has 11 heteroatoms. The molecule has 260 valence electrons. The summed E-state index contributed by atoms with van der Waals surface area (Å²) in [6.45, 7) is 3.23. The highest BCUT2D eigenvalue weighted by atomic mass is 16.5. The molecule has 3 aromatic rings. The monoisotopic (exact) mass is 669 g/mol. The molecule has 1 saturated carbocycles. The Hall–Kier alpha value is -4.48. The van der Waals surface area contributed by atoms with Crippen LogP contribution < -0.4 is 10.5 Å². The van der Waals surface area contributed by atoms with Crippen molar-refractivity contribution in [1.82, 2.24) is 14.8 Å². The molecular formula is C38H47N5O6. The van der Waals surface area contributed by atoms with Crippen LogP contribution in [0.25, 0.3) is 0 Å². The van der Waals surface area contributed by atoms with E-state index in [0.29, 0.717) is 95.6 Å². The van der Waals surface area contributed by atoms with E-state index in [1.807, 2.05) is 71.6 Å². The summed E-state index contributed by atoms with van der Waals surface area (Å²) >= 11 is 0. The summed E-state index contributed by atoms with van der Waals surface area (Å²) < 4.78 is 17.7. The normalized spacial score (nSPS) is 20.2. The number of aromatic nitrogens is 1. The highest BCUT2D eigenvalue weighted by Gasteiger charge is 2.35. The fourth-order valence-corrected chi connectivity index (χ4v) is 7.33. The number of ether oxygens (including phenoxy) is 3. The van der Waals surface area contributed by atoms with Gasteiger partial charge in [-0.3, -0.25) is 9.59 Å². The first kappa shape index (κ1) is 34.4. The number of rotatable bonds is 14. The molecule has 0 spiro atoms. The first-order valence-electron chi connectivity index (χ1n) is 17.5. The SMILES string of the molecule is NC1=Nc2cnc(Oc3ccccc3)cc2CN1[C@@H](CCC(=O)N(CCOCc1ccccc1)[C@H]1CC[C@@H](C(=O)O)CC1)C1CCOCC1. The molecule has 3 N–H and O–H groups in total. The van der Waals surface area contributed by atoms with Gasteiger partial charge >= 0.3 is 5.97 Å². The van der Waals surface area contributed by atoms with E-state index in [1.165, 1.54) is 0 Å². The van der Waals surface area contributed by atoms with Crippen molar-refractivity contribution in [1.29, 1.82) is 0 Å². The molecule has 2 fully saturated rings. The predicted molar refractivity (Wildman–Crippen MR) is 185 cm³/mol. The number of amides is 1. The number of pyridine rings is 1. The molecule has 2 aromatic carbocycles. The molecule has 3 heterocycles. The second kappa shape index (κ2) is 16.8. The highest BCUT2D eigenvalue weighted by molar-refractivity contribution is 5.84. The lowest BCUT2D eigenvalue weighted by Gasteiger charge is -2.41. The Morgan fingerprint density at radius 2 is 1.71 bits per heavy atom. The maximum atomic E-state index is 14.1. The third-order valence-electron chi connectivity index (χ3n) is 10.0. The lowest BCUT2D eigenvalue weighted by molar-refractivity contribution is -0.143. The molecule has 0 radical (unpaired) electrons. The van der Waals surface area contributed by atoms with Gasteiger partial charge in [-0.1, -0.05) is 48.5 Å². The number of carboxylic acids is 1. The van der Waals surface area contributed by atoms with Crippen molar-refractivity contribution in [2.75, 3.05) is 26.4 Å². The Bertz CT molecular complexity index is 1560. The topological polar surface area (TPSA) is 140 Å². The largest absolute Gasteiger partial charge is 0.481 e. The number of aliphatic carboxylic acids is 1. The average molecular weight is 670 g/mol. The van der Waals surface area contributed by atoms with Gasteiger partial charge in [-0.15, -0.1) is 0 Å². The molecule has 6 rings (SSSR count). The molecule has 1 aliphatic carbocycles. The van der Waals surface area contributed by atoms with Crippen molar-refractivity contribution in [3.63, 3.8) is 0 Å². The highest BCUT2D eigenvalue weighted by Crippen LogP contribution is 2.35. The average Bonchev–Trinajstić information content (AvgIpc) is 3.13. The molecule has 3 aliphatic rings. The van der Waals surface area contributed by atoms with Crippen molar-refractivity contribution in [2.24, 2.45) is 22.6 Å². The molecule has 11 nitrogen and oxygen atoms in total. The van der Waals surface area contributed by atoms with Gasteiger partial charge in [-0.25, -0.2) is 9.98 Å². The summed E-state index contributed by atoms with van der Waals surface area (Å²) in [6.07, 6.45) is 6.91. The number of hydrogen-bond donors (Lipinski definition) is 2. The van der Waals surface area contributed by atoms with Crippen LogP contribution >= 0.6 is 0 Å². The molecule has 49 heavy (non-hydrogen) atoms. The van der Waals surface area contributed by atoms with Gasteiger partial charge in [0.1, 0.15) is 5.75 Å². The quantitative estimate of drug-likeness (QED) is 0.201. The van der Waals surface area contributed by atoms with Crippen molar-refractivity contribution in [3.8, 4) is 11.6 Å². The fraction of sp³-hybridized carbons (Fsp3) is 0.474. The number of hydrogen-bond acceptors (Lipinski definition) is 9. The van der Waals surface area contributed by atoms with Crippen LogP contribution in [0.5, 0.6) is 11.6 Å². The van der Waals surface area contributed by atoms with E-state index in [9.17, 15) is 14.7 Å². The number of guanidine groups is 1. The second-order valence-electron chi connectivity index (χ2n) is 13.2. The molecule has 1 atom stereocenters. The maximum absolute atomic E-state index is 14.1. The number of nitrogens with zero attached hydrogens (tertiary/aromatic N) is 4. The minimum Gasteiger partial charge on any atom is -0.481 e. The molecule has 0 unspecified atom stereocenters. The Morgan fingerprint density at radius 3 is 2.43 bits per heavy atom. The molecule has 0 bridgehead atoms. The summed E-state index contributed by atoms with van der Waals surface area (Å²) in [4.78, 5) is 39.0. The van der Waals surface area contributed by atoms with Gasteiger partial charge < -0.3 is 34.9 Å². The Morgan fingerprint density at radius 1 is 1.00 bits per heavy atom. The van der Waals surface area contributed by atoms with Crippen LogP contribution in [0.1, 0.15) is 62.5 Å². The van der Waals surface area contributed by atoms with Gasteiger partial charge in [-0.05, 0) is 68.6 Å². The molecule has 2 aliphatic heterocycles. The predicted octanol–water partition coefficient (Wildman–Crippen LogP) is 5.90. The van der Waals surface area contributed by atoms with Gasteiger partial charge in [0.15, 0.2) is 5.96 Å². The third kappa shape index (κ3) is 9.16. The van der Waals surface area contributed by atoms with E-state index in [2.05, 4.69) is 9.88 Å². The zero-order chi connectivity index (χ0) is 34.0. The Labute approximate surface area is 288 Å². The Balaban J connectivity index is 1.15. The van der Waals surface area contributed by atoms with Crippen LogP contribution in [-0.2, 0) is 32.2 Å². The summed E-state index contributed by atoms with van der Waals surface area (Å²) in [5.41, 5.74) is 9.40.